The van der Waals surface area contributed by atoms with Gasteiger partial charge in [0.15, 0.2) is 0 Å². The molecule has 0 aromatic rings. The predicted octanol–water partition coefficient (Wildman–Crippen LogP) is 3.40. The summed E-state index contributed by atoms with van der Waals surface area (Å²) >= 11 is 5.90. The summed E-state index contributed by atoms with van der Waals surface area (Å²) in [6.07, 6.45) is 15.0. The molecule has 136 valence electrons. The number of unbranched alkanes of at least 4 members (excludes halogenated alkanes) is 7. The minimum atomic E-state index is 0. The number of hydrogen-bond acceptors (Lipinski definition) is 0. The molecule has 0 aliphatic heterocycles. The van der Waals surface area contributed by atoms with Crippen LogP contribution < -0.4 is 12.4 Å². The van der Waals surface area contributed by atoms with Gasteiger partial charge < -0.3 is 16.9 Å². The minimum absolute atomic E-state index is 0. The first-order valence-electron chi connectivity index (χ1n) is 9.65. The van der Waals surface area contributed by atoms with Gasteiger partial charge in [-0.3, -0.25) is 0 Å². The molecule has 0 atom stereocenters. The quantitative estimate of drug-likeness (QED) is 0.226. The zero-order valence-corrected chi connectivity index (χ0v) is 17.0. The van der Waals surface area contributed by atoms with E-state index in [9.17, 15) is 0 Å². The standard InChI is InChI=1S/C19H41ClN.ClH/c1-4-7-11-16-21(17-12-8-5-2,18-13-9-6-3)19-14-10-15-20;/h4-19H2,1-3H3;1H/q+1;/p-1. The van der Waals surface area contributed by atoms with Crippen LogP contribution in [0.4, 0.5) is 0 Å². The van der Waals surface area contributed by atoms with Gasteiger partial charge in [0.1, 0.15) is 0 Å². The van der Waals surface area contributed by atoms with Gasteiger partial charge in [0.2, 0.25) is 0 Å². The summed E-state index contributed by atoms with van der Waals surface area (Å²) < 4.78 is 1.39. The SMILES string of the molecule is CCCCC[N+](CCCCC)(CCCCC)CCCCCl.[Cl-]. The van der Waals surface area contributed by atoms with Crippen LogP contribution in [0.5, 0.6) is 0 Å². The van der Waals surface area contributed by atoms with E-state index in [4.69, 9.17) is 11.6 Å². The molecule has 3 heteroatoms. The van der Waals surface area contributed by atoms with E-state index in [0.717, 1.165) is 5.88 Å². The summed E-state index contributed by atoms with van der Waals surface area (Å²) in [5, 5.41) is 0. The van der Waals surface area contributed by atoms with Crippen molar-refractivity contribution >= 4 is 11.6 Å². The third-order valence-corrected chi connectivity index (χ3v) is 4.99. The lowest BCUT2D eigenvalue weighted by Gasteiger charge is -2.39. The van der Waals surface area contributed by atoms with Crippen LogP contribution in [-0.2, 0) is 0 Å². The molecule has 1 nitrogen and oxygen atoms in total. The molecule has 0 aromatic heterocycles. The molecule has 0 aliphatic rings. The molecule has 0 saturated carbocycles. The van der Waals surface area contributed by atoms with Gasteiger partial charge in [-0.25, -0.2) is 0 Å². The zero-order valence-electron chi connectivity index (χ0n) is 15.5. The van der Waals surface area contributed by atoms with Crippen LogP contribution in [0.15, 0.2) is 0 Å². The Morgan fingerprint density at radius 1 is 0.545 bits per heavy atom. The Kier molecular flexibility index (Phi) is 20.2. The lowest BCUT2D eigenvalue weighted by atomic mass is 10.1. The Morgan fingerprint density at radius 3 is 1.14 bits per heavy atom. The first-order chi connectivity index (χ1) is 10.2. The van der Waals surface area contributed by atoms with Crippen molar-refractivity contribution in [2.45, 2.75) is 91.4 Å². The van der Waals surface area contributed by atoms with Crippen LogP contribution in [0.25, 0.3) is 0 Å². The van der Waals surface area contributed by atoms with E-state index in [2.05, 4.69) is 20.8 Å². The molecule has 0 amide bonds. The Hall–Kier alpha value is 0.540. The van der Waals surface area contributed by atoms with E-state index in [1.165, 1.54) is 101 Å². The Morgan fingerprint density at radius 2 is 0.864 bits per heavy atom. The fourth-order valence-electron chi connectivity index (χ4n) is 3.30. The number of rotatable bonds is 16. The largest absolute Gasteiger partial charge is 1.00 e. The molecule has 0 heterocycles. The fraction of sp³-hybridized carbons (Fsp3) is 1.00. The van der Waals surface area contributed by atoms with Gasteiger partial charge in [-0.2, -0.15) is 0 Å². The monoisotopic (exact) mass is 353 g/mol. The van der Waals surface area contributed by atoms with E-state index in [1.807, 2.05) is 0 Å². The normalized spacial score (nSPS) is 11.5. The van der Waals surface area contributed by atoms with Crippen molar-refractivity contribution in [2.75, 3.05) is 32.1 Å². The zero-order chi connectivity index (χ0) is 15.8. The van der Waals surface area contributed by atoms with Crippen LogP contribution in [0.1, 0.15) is 91.4 Å². The molecule has 22 heavy (non-hydrogen) atoms. The molecule has 0 saturated heterocycles. The van der Waals surface area contributed by atoms with Crippen molar-refractivity contribution in [3.63, 3.8) is 0 Å². The van der Waals surface area contributed by atoms with E-state index >= 15 is 0 Å². The van der Waals surface area contributed by atoms with Crippen LogP contribution in [0.2, 0.25) is 0 Å². The topological polar surface area (TPSA) is 0 Å². The molecule has 0 aliphatic carbocycles. The minimum Gasteiger partial charge on any atom is -1.00 e. The van der Waals surface area contributed by atoms with Crippen LogP contribution >= 0.6 is 11.6 Å². The average molecular weight is 354 g/mol. The predicted molar refractivity (Wildman–Crippen MR) is 98.3 cm³/mol. The van der Waals surface area contributed by atoms with Crippen molar-refractivity contribution in [1.29, 1.82) is 0 Å². The van der Waals surface area contributed by atoms with Crippen molar-refractivity contribution in [3.05, 3.63) is 0 Å². The van der Waals surface area contributed by atoms with Gasteiger partial charge in [-0.1, -0.05) is 40.0 Å². The highest BCUT2D eigenvalue weighted by Gasteiger charge is 2.25. The third kappa shape index (κ3) is 13.0. The molecule has 0 N–H and O–H groups in total. The summed E-state index contributed by atoms with van der Waals surface area (Å²) in [5.74, 6) is 0.832. The summed E-state index contributed by atoms with van der Waals surface area (Å²) in [6.45, 7) is 12.5. The molecule has 0 radical (unpaired) electrons. The highest BCUT2D eigenvalue weighted by Crippen LogP contribution is 2.18. The van der Waals surface area contributed by atoms with Gasteiger partial charge >= 0.3 is 0 Å². The van der Waals surface area contributed by atoms with Crippen molar-refractivity contribution in [3.8, 4) is 0 Å². The number of hydrogen-bond donors (Lipinski definition) is 0. The lowest BCUT2D eigenvalue weighted by Crippen LogP contribution is -3.00. The summed E-state index contributed by atoms with van der Waals surface area (Å²) in [7, 11) is 0. The smallest absolute Gasteiger partial charge is 0.0787 e. The maximum absolute atomic E-state index is 5.90. The highest BCUT2D eigenvalue weighted by molar-refractivity contribution is 6.17. The van der Waals surface area contributed by atoms with E-state index in [-0.39, 0.29) is 12.4 Å². The summed E-state index contributed by atoms with van der Waals surface area (Å²) in [6, 6.07) is 0. The van der Waals surface area contributed by atoms with Crippen LogP contribution in [-0.4, -0.2) is 36.5 Å². The molecular formula is C19H41Cl2N. The van der Waals surface area contributed by atoms with Crippen LogP contribution in [0, 0.1) is 0 Å². The van der Waals surface area contributed by atoms with Crippen molar-refractivity contribution in [1.82, 2.24) is 0 Å². The summed E-state index contributed by atoms with van der Waals surface area (Å²) in [4.78, 5) is 0. The summed E-state index contributed by atoms with van der Waals surface area (Å²) in [5.41, 5.74) is 0. The van der Waals surface area contributed by atoms with Gasteiger partial charge in [-0.15, -0.1) is 11.6 Å². The Bertz CT molecular complexity index is 164. The maximum Gasteiger partial charge on any atom is 0.0787 e. The second kappa shape index (κ2) is 17.9. The molecule has 0 bridgehead atoms. The molecule has 0 spiro atoms. The van der Waals surface area contributed by atoms with Gasteiger partial charge in [0.05, 0.1) is 26.2 Å². The average Bonchev–Trinajstić information content (AvgIpc) is 2.48. The van der Waals surface area contributed by atoms with Crippen LogP contribution in [0.3, 0.4) is 0 Å². The molecule has 0 unspecified atom stereocenters. The fourth-order valence-corrected chi connectivity index (χ4v) is 3.49. The Labute approximate surface area is 152 Å². The number of alkyl halides is 1. The second-order valence-corrected chi connectivity index (χ2v) is 7.13. The highest BCUT2D eigenvalue weighted by atomic mass is 35.5. The molecular weight excluding hydrogens is 313 g/mol. The first kappa shape index (κ1) is 24.8. The van der Waals surface area contributed by atoms with Crippen molar-refractivity contribution < 1.29 is 16.9 Å². The number of quaternary nitrogens is 1. The van der Waals surface area contributed by atoms with E-state index in [1.54, 1.807) is 0 Å². The van der Waals surface area contributed by atoms with Crippen molar-refractivity contribution in [2.24, 2.45) is 0 Å². The van der Waals surface area contributed by atoms with E-state index in [0.29, 0.717) is 0 Å². The van der Waals surface area contributed by atoms with E-state index < -0.39 is 0 Å². The Balaban J connectivity index is 0. The third-order valence-electron chi connectivity index (χ3n) is 4.72. The lowest BCUT2D eigenvalue weighted by molar-refractivity contribution is -0.929. The maximum atomic E-state index is 5.90. The number of nitrogens with zero attached hydrogens (tertiary/aromatic N) is 1. The molecule has 0 fully saturated rings. The molecule has 0 rings (SSSR count). The van der Waals surface area contributed by atoms with Gasteiger partial charge in [-0.05, 0) is 51.4 Å². The second-order valence-electron chi connectivity index (χ2n) is 6.75. The molecule has 0 aromatic carbocycles. The van der Waals surface area contributed by atoms with Gasteiger partial charge in [0.25, 0.3) is 0 Å². The number of halogens is 2. The first-order valence-corrected chi connectivity index (χ1v) is 10.2. The van der Waals surface area contributed by atoms with Gasteiger partial charge in [0, 0.05) is 5.88 Å².